The van der Waals surface area contributed by atoms with Crippen LogP contribution in [0, 0.1) is 6.92 Å². The number of rotatable bonds is 4. The van der Waals surface area contributed by atoms with Gasteiger partial charge in [-0.25, -0.2) is 0 Å². The fourth-order valence-electron chi connectivity index (χ4n) is 1.75. The minimum absolute atomic E-state index is 0.402. The van der Waals surface area contributed by atoms with Gasteiger partial charge >= 0.3 is 0 Å². The number of halogens is 1. The lowest BCUT2D eigenvalue weighted by Gasteiger charge is -2.18. The molecule has 2 aromatic heterocycles. The highest BCUT2D eigenvalue weighted by atomic mass is 35.5. The Morgan fingerprint density at radius 1 is 1.41 bits per heavy atom. The fraction of sp³-hybridized carbons (Fsp3) is 0.545. The van der Waals surface area contributed by atoms with E-state index in [1.54, 1.807) is 4.52 Å². The average molecular weight is 254 g/mol. The normalized spacial score (nSPS) is 11.4. The third-order valence-electron chi connectivity index (χ3n) is 2.93. The lowest BCUT2D eigenvalue weighted by Crippen LogP contribution is -2.20. The Hall–Kier alpha value is -1.36. The lowest BCUT2D eigenvalue weighted by molar-refractivity contribution is 0.662. The predicted molar refractivity (Wildman–Crippen MR) is 68.5 cm³/mol. The maximum absolute atomic E-state index is 6.09. The molecule has 0 saturated heterocycles. The summed E-state index contributed by atoms with van der Waals surface area (Å²) in [6, 6.07) is 0.402. The quantitative estimate of drug-likeness (QED) is 0.852. The van der Waals surface area contributed by atoms with Crippen LogP contribution >= 0.6 is 11.6 Å². The Balaban J connectivity index is 2.50. The highest BCUT2D eigenvalue weighted by Crippen LogP contribution is 2.23. The Kier molecular flexibility index (Phi) is 3.47. The summed E-state index contributed by atoms with van der Waals surface area (Å²) >= 11 is 6.09. The van der Waals surface area contributed by atoms with Crippen LogP contribution in [-0.4, -0.2) is 25.6 Å². The molecule has 0 aliphatic carbocycles. The van der Waals surface area contributed by atoms with Crippen molar-refractivity contribution < 1.29 is 0 Å². The average Bonchev–Trinajstić information content (AvgIpc) is 2.78. The first kappa shape index (κ1) is 12.1. The topological polar surface area (TPSA) is 55.1 Å². The van der Waals surface area contributed by atoms with Gasteiger partial charge in [0.1, 0.15) is 17.3 Å². The van der Waals surface area contributed by atoms with Crippen molar-refractivity contribution >= 4 is 23.2 Å². The van der Waals surface area contributed by atoms with Crippen molar-refractivity contribution in [2.24, 2.45) is 0 Å². The maximum atomic E-state index is 6.09. The molecular formula is C11H16ClN5. The van der Waals surface area contributed by atoms with E-state index in [0.717, 1.165) is 24.2 Å². The third kappa shape index (κ3) is 2.20. The number of aromatic nitrogens is 4. The van der Waals surface area contributed by atoms with Crippen LogP contribution in [0.15, 0.2) is 6.33 Å². The minimum Gasteiger partial charge on any atom is -0.367 e. The van der Waals surface area contributed by atoms with Gasteiger partial charge in [-0.15, -0.1) is 0 Å². The maximum Gasteiger partial charge on any atom is 0.255 e. The molecule has 6 heteroatoms. The number of hydrogen-bond acceptors (Lipinski definition) is 4. The molecule has 0 aliphatic rings. The molecule has 2 aromatic rings. The van der Waals surface area contributed by atoms with Gasteiger partial charge in [0.15, 0.2) is 0 Å². The number of anilines is 1. The zero-order valence-electron chi connectivity index (χ0n) is 10.2. The van der Waals surface area contributed by atoms with Crippen molar-refractivity contribution in [2.75, 3.05) is 5.32 Å². The number of fused-ring (bicyclic) bond motifs is 1. The van der Waals surface area contributed by atoms with Gasteiger partial charge in [-0.05, 0) is 19.8 Å². The molecule has 0 aliphatic heterocycles. The van der Waals surface area contributed by atoms with E-state index < -0.39 is 0 Å². The first-order chi connectivity index (χ1) is 8.17. The van der Waals surface area contributed by atoms with Gasteiger partial charge in [-0.1, -0.05) is 25.4 Å². The summed E-state index contributed by atoms with van der Waals surface area (Å²) in [6.45, 7) is 6.23. The summed E-state index contributed by atoms with van der Waals surface area (Å²) in [5.41, 5.74) is 0.900. The molecule has 0 amide bonds. The van der Waals surface area contributed by atoms with E-state index >= 15 is 0 Å². The van der Waals surface area contributed by atoms with E-state index in [2.05, 4.69) is 34.2 Å². The summed E-state index contributed by atoms with van der Waals surface area (Å²) in [4.78, 5) is 8.23. The molecule has 5 nitrogen and oxygen atoms in total. The summed E-state index contributed by atoms with van der Waals surface area (Å²) in [5, 5.41) is 8.09. The van der Waals surface area contributed by atoms with Crippen LogP contribution in [0.2, 0.25) is 5.15 Å². The van der Waals surface area contributed by atoms with Crippen molar-refractivity contribution in [2.45, 2.75) is 39.7 Å². The summed E-state index contributed by atoms with van der Waals surface area (Å²) in [7, 11) is 0. The van der Waals surface area contributed by atoms with E-state index in [9.17, 15) is 0 Å². The van der Waals surface area contributed by atoms with E-state index in [1.165, 1.54) is 6.33 Å². The monoisotopic (exact) mass is 253 g/mol. The molecule has 2 heterocycles. The van der Waals surface area contributed by atoms with Crippen LogP contribution in [0.25, 0.3) is 5.78 Å². The minimum atomic E-state index is 0.402. The van der Waals surface area contributed by atoms with Crippen LogP contribution in [0.5, 0.6) is 0 Å². The molecule has 0 saturated carbocycles. The standard InChI is InChI=1S/C11H16ClN5/c1-4-8(5-2)15-10-7(3)9(12)16-11-13-6-14-17(10)11/h6,8,15H,4-5H2,1-3H3. The number of nitrogens with one attached hydrogen (secondary N) is 1. The molecule has 0 spiro atoms. The van der Waals surface area contributed by atoms with Gasteiger partial charge in [0.05, 0.1) is 0 Å². The molecule has 1 N–H and O–H groups in total. The van der Waals surface area contributed by atoms with Crippen LogP contribution in [0.4, 0.5) is 5.82 Å². The van der Waals surface area contributed by atoms with Gasteiger partial charge in [-0.3, -0.25) is 0 Å². The Morgan fingerprint density at radius 3 is 2.76 bits per heavy atom. The van der Waals surface area contributed by atoms with Crippen molar-refractivity contribution in [3.05, 3.63) is 17.0 Å². The fourth-order valence-corrected chi connectivity index (χ4v) is 1.92. The van der Waals surface area contributed by atoms with Gasteiger partial charge in [0, 0.05) is 11.6 Å². The summed E-state index contributed by atoms with van der Waals surface area (Å²) in [5.74, 6) is 1.40. The van der Waals surface area contributed by atoms with Crippen molar-refractivity contribution in [3.8, 4) is 0 Å². The molecule has 0 unspecified atom stereocenters. The van der Waals surface area contributed by atoms with Gasteiger partial charge < -0.3 is 5.32 Å². The van der Waals surface area contributed by atoms with E-state index in [4.69, 9.17) is 11.6 Å². The van der Waals surface area contributed by atoms with Crippen molar-refractivity contribution in [1.29, 1.82) is 0 Å². The van der Waals surface area contributed by atoms with Crippen LogP contribution < -0.4 is 5.32 Å². The van der Waals surface area contributed by atoms with Crippen LogP contribution in [-0.2, 0) is 0 Å². The second-order valence-electron chi connectivity index (χ2n) is 4.01. The third-order valence-corrected chi connectivity index (χ3v) is 3.30. The Labute approximate surface area is 105 Å². The van der Waals surface area contributed by atoms with Gasteiger partial charge in [-0.2, -0.15) is 19.6 Å². The van der Waals surface area contributed by atoms with Crippen molar-refractivity contribution in [1.82, 2.24) is 19.6 Å². The number of hydrogen-bond donors (Lipinski definition) is 1. The molecule has 0 bridgehead atoms. The first-order valence-corrected chi connectivity index (χ1v) is 6.17. The van der Waals surface area contributed by atoms with Crippen LogP contribution in [0.1, 0.15) is 32.3 Å². The summed E-state index contributed by atoms with van der Waals surface area (Å²) in [6.07, 6.45) is 3.58. The molecule has 0 aromatic carbocycles. The van der Waals surface area contributed by atoms with E-state index in [-0.39, 0.29) is 0 Å². The predicted octanol–water partition coefficient (Wildman–Crippen LogP) is 2.69. The second-order valence-corrected chi connectivity index (χ2v) is 4.36. The lowest BCUT2D eigenvalue weighted by atomic mass is 10.1. The molecule has 2 rings (SSSR count). The summed E-state index contributed by atoms with van der Waals surface area (Å²) < 4.78 is 1.69. The second kappa shape index (κ2) is 4.87. The molecule has 0 atom stereocenters. The number of nitrogens with zero attached hydrogens (tertiary/aromatic N) is 4. The highest BCUT2D eigenvalue weighted by molar-refractivity contribution is 6.30. The smallest absolute Gasteiger partial charge is 0.255 e. The largest absolute Gasteiger partial charge is 0.367 e. The molecule has 92 valence electrons. The zero-order chi connectivity index (χ0) is 12.4. The van der Waals surface area contributed by atoms with Gasteiger partial charge in [0.2, 0.25) is 0 Å². The molecule has 0 radical (unpaired) electrons. The highest BCUT2D eigenvalue weighted by Gasteiger charge is 2.14. The molecule has 17 heavy (non-hydrogen) atoms. The molecular weight excluding hydrogens is 238 g/mol. The molecule has 0 fully saturated rings. The Morgan fingerprint density at radius 2 is 2.12 bits per heavy atom. The first-order valence-electron chi connectivity index (χ1n) is 5.79. The van der Waals surface area contributed by atoms with Crippen molar-refractivity contribution in [3.63, 3.8) is 0 Å². The van der Waals surface area contributed by atoms with Gasteiger partial charge in [0.25, 0.3) is 5.78 Å². The van der Waals surface area contributed by atoms with E-state index in [0.29, 0.717) is 17.0 Å². The van der Waals surface area contributed by atoms with Crippen LogP contribution in [0.3, 0.4) is 0 Å². The van der Waals surface area contributed by atoms with E-state index in [1.807, 2.05) is 6.92 Å². The Bertz CT molecular complexity index is 518. The zero-order valence-corrected chi connectivity index (χ0v) is 11.0. The SMILES string of the molecule is CCC(CC)Nc1c(C)c(Cl)nc2ncnn12.